The number of carbonyl (C=O) groups excluding carboxylic acids is 3. The Morgan fingerprint density at radius 1 is 1.04 bits per heavy atom. The van der Waals surface area contributed by atoms with Crippen molar-refractivity contribution in [2.24, 2.45) is 11.5 Å². The number of ether oxygens (including phenoxy) is 4. The Balaban J connectivity index is 0.00000104. The lowest BCUT2D eigenvalue weighted by Gasteiger charge is -2.36. The van der Waals surface area contributed by atoms with Gasteiger partial charge < -0.3 is 45.3 Å². The van der Waals surface area contributed by atoms with Gasteiger partial charge in [0.15, 0.2) is 0 Å². The molecule has 2 rings (SSSR count). The highest BCUT2D eigenvalue weighted by atomic mass is 31.2. The number of rotatable bonds is 16. The molecule has 1 aliphatic rings. The Morgan fingerprint density at radius 2 is 1.65 bits per heavy atom. The van der Waals surface area contributed by atoms with Crippen LogP contribution in [0.2, 0.25) is 0 Å². The number of esters is 2. The number of unbranched alkanes of at least 4 members (excludes halogenated alkanes) is 1. The van der Waals surface area contributed by atoms with E-state index in [1.54, 1.807) is 13.8 Å². The minimum Gasteiger partial charge on any atom is -0.480 e. The van der Waals surface area contributed by atoms with Crippen LogP contribution in [0.25, 0.3) is 0 Å². The van der Waals surface area contributed by atoms with Crippen molar-refractivity contribution in [3.63, 3.8) is 0 Å². The molecule has 2 atom stereocenters. The van der Waals surface area contributed by atoms with Crippen molar-refractivity contribution < 1.29 is 67.0 Å². The number of amides is 1. The predicted molar refractivity (Wildman–Crippen MR) is 170 cm³/mol. The summed E-state index contributed by atoms with van der Waals surface area (Å²) in [4.78, 5) is 79.2. The Kier molecular flexibility index (Phi) is 17.7. The van der Waals surface area contributed by atoms with Gasteiger partial charge in [-0.1, -0.05) is 18.6 Å². The van der Waals surface area contributed by atoms with Crippen molar-refractivity contribution >= 4 is 37.5 Å². The number of hydrogen-bond donors (Lipinski definition) is 5. The van der Waals surface area contributed by atoms with E-state index < -0.39 is 61.6 Å². The maximum absolute atomic E-state index is 13.4. The molecule has 1 heterocycles. The molecule has 1 amide bonds. The highest BCUT2D eigenvalue weighted by Crippen LogP contribution is 2.44. The fourth-order valence-electron chi connectivity index (χ4n) is 4.43. The van der Waals surface area contributed by atoms with E-state index in [1.165, 1.54) is 45.2 Å². The monoisotopic (exact) mass is 718 g/mol. The molecule has 7 N–H and O–H groups in total. The van der Waals surface area contributed by atoms with Crippen LogP contribution in [0.3, 0.4) is 0 Å². The average Bonchev–Trinajstić information content (AvgIpc) is 3.00. The summed E-state index contributed by atoms with van der Waals surface area (Å²) < 4.78 is 35.5. The van der Waals surface area contributed by atoms with Crippen molar-refractivity contribution in [1.29, 1.82) is 0 Å². The highest BCUT2D eigenvalue weighted by Gasteiger charge is 2.43. The predicted octanol–water partition coefficient (Wildman–Crippen LogP) is 2.41. The van der Waals surface area contributed by atoms with E-state index in [0.29, 0.717) is 13.0 Å². The quantitative estimate of drug-likeness (QED) is 0.0312. The van der Waals surface area contributed by atoms with Crippen LogP contribution in [0.15, 0.2) is 46.8 Å². The van der Waals surface area contributed by atoms with Crippen molar-refractivity contribution in [3.8, 4) is 0 Å². The van der Waals surface area contributed by atoms with Gasteiger partial charge in [0.2, 0.25) is 6.79 Å². The molecule has 0 aliphatic carbocycles. The van der Waals surface area contributed by atoms with Gasteiger partial charge in [-0.3, -0.25) is 19.8 Å². The molecular formula is C29H43N4O15P. The number of nitrogens with two attached hydrogens (primary N) is 2. The van der Waals surface area contributed by atoms with Crippen LogP contribution in [0, 0.1) is 10.1 Å². The summed E-state index contributed by atoms with van der Waals surface area (Å²) in [6, 6.07) is 4.53. The Labute approximate surface area is 282 Å². The number of carboxylic acid groups (broad SMARTS) is 1. The molecule has 0 saturated carbocycles. The van der Waals surface area contributed by atoms with Gasteiger partial charge in [-0.25, -0.2) is 23.5 Å². The van der Waals surface area contributed by atoms with Gasteiger partial charge in [0, 0.05) is 30.6 Å². The van der Waals surface area contributed by atoms with Crippen LogP contribution in [-0.2, 0) is 42.4 Å². The molecule has 1 aromatic carbocycles. The van der Waals surface area contributed by atoms with Gasteiger partial charge in [0.05, 0.1) is 34.7 Å². The molecular weight excluding hydrogens is 675 g/mol. The van der Waals surface area contributed by atoms with E-state index in [9.17, 15) is 33.9 Å². The third-order valence-corrected chi connectivity index (χ3v) is 7.06. The zero-order valence-electron chi connectivity index (χ0n) is 27.7. The number of nitro groups is 1. The molecule has 1 unspecified atom stereocenters. The van der Waals surface area contributed by atoms with Gasteiger partial charge in [-0.05, 0) is 52.6 Å². The summed E-state index contributed by atoms with van der Waals surface area (Å²) in [5, 5.41) is 19.8. The summed E-state index contributed by atoms with van der Waals surface area (Å²) >= 11 is 0. The average molecular weight is 719 g/mol. The number of non-ortho nitro benzene ring substituents is 1. The van der Waals surface area contributed by atoms with Crippen LogP contribution in [0.4, 0.5) is 10.5 Å². The lowest BCUT2D eigenvalue weighted by molar-refractivity contribution is -0.384. The van der Waals surface area contributed by atoms with Gasteiger partial charge in [0.1, 0.15) is 12.6 Å². The second kappa shape index (κ2) is 20.3. The van der Waals surface area contributed by atoms with Crippen LogP contribution >= 0.6 is 7.82 Å². The van der Waals surface area contributed by atoms with Crippen molar-refractivity contribution in [2.75, 3.05) is 33.7 Å². The molecule has 0 saturated heterocycles. The second-order valence-electron chi connectivity index (χ2n) is 10.6. The first kappa shape index (κ1) is 42.8. The molecule has 49 heavy (non-hydrogen) atoms. The molecule has 19 nitrogen and oxygen atoms in total. The first-order valence-corrected chi connectivity index (χ1v) is 16.3. The molecule has 0 bridgehead atoms. The number of aliphatic carboxylic acids is 1. The number of nitrogens with zero attached hydrogens (tertiary/aromatic N) is 2. The van der Waals surface area contributed by atoms with Crippen molar-refractivity contribution in [3.05, 3.63) is 62.5 Å². The third-order valence-electron chi connectivity index (χ3n) is 6.62. The summed E-state index contributed by atoms with van der Waals surface area (Å²) in [5.41, 5.74) is 9.67. The number of hydrogen-bond acceptors (Lipinski definition) is 14. The van der Waals surface area contributed by atoms with Gasteiger partial charge in [-0.2, -0.15) is 0 Å². The summed E-state index contributed by atoms with van der Waals surface area (Å²) in [6.07, 6.45) is 0.301. The molecule has 0 spiro atoms. The van der Waals surface area contributed by atoms with E-state index in [1.807, 2.05) is 0 Å². The third kappa shape index (κ3) is 13.7. The number of phosphoric ester groups is 1. The number of methoxy groups -OCH3 is 1. The highest BCUT2D eigenvalue weighted by molar-refractivity contribution is 7.46. The summed E-state index contributed by atoms with van der Waals surface area (Å²) in [7, 11) is -3.59. The molecule has 1 aliphatic heterocycles. The smallest absolute Gasteiger partial charge is 0.472 e. The summed E-state index contributed by atoms with van der Waals surface area (Å²) in [5.74, 6) is -4.09. The van der Waals surface area contributed by atoms with E-state index in [2.05, 4.69) is 4.52 Å². The Hall–Kier alpha value is -4.23. The summed E-state index contributed by atoms with van der Waals surface area (Å²) in [6.45, 7) is 5.14. The SMILES string of the molecule is COCCOC(=O)C1=C(C)N(C(=O)OCOP(=O)(O)O)C(C)=C(C(=O)OC(C)C)C1c1cccc([N+](=O)[O-])c1.NCCCC[C@H](N)C(=O)O. The molecule has 0 radical (unpaired) electrons. The molecule has 274 valence electrons. The van der Waals surface area contributed by atoms with E-state index >= 15 is 0 Å². The second-order valence-corrected chi connectivity index (χ2v) is 11.8. The van der Waals surface area contributed by atoms with E-state index in [-0.39, 0.29) is 47.0 Å². The maximum Gasteiger partial charge on any atom is 0.472 e. The van der Waals surface area contributed by atoms with Gasteiger partial charge >= 0.3 is 31.8 Å². The molecule has 0 fully saturated rings. The zero-order valence-corrected chi connectivity index (χ0v) is 28.6. The van der Waals surface area contributed by atoms with Crippen LogP contribution in [0.1, 0.15) is 58.4 Å². The van der Waals surface area contributed by atoms with Crippen molar-refractivity contribution in [1.82, 2.24) is 4.90 Å². The maximum atomic E-state index is 13.4. The van der Waals surface area contributed by atoms with Crippen molar-refractivity contribution in [2.45, 2.75) is 65.0 Å². The van der Waals surface area contributed by atoms with Crippen LogP contribution in [0.5, 0.6) is 0 Å². The Bertz CT molecular complexity index is 1460. The normalized spacial score (nSPS) is 15.3. The van der Waals surface area contributed by atoms with Gasteiger partial charge in [0.25, 0.3) is 5.69 Å². The van der Waals surface area contributed by atoms with Crippen LogP contribution < -0.4 is 11.5 Å². The zero-order chi connectivity index (χ0) is 37.5. The number of allylic oxidation sites excluding steroid dienone is 2. The first-order chi connectivity index (χ1) is 22.9. The number of carbonyl (C=O) groups is 4. The molecule has 1 aromatic rings. The van der Waals surface area contributed by atoms with Crippen LogP contribution in [-0.4, -0.2) is 94.5 Å². The number of benzene rings is 1. The number of nitro benzene ring substituents is 1. The lowest BCUT2D eigenvalue weighted by Crippen LogP contribution is -2.39. The van der Waals surface area contributed by atoms with Gasteiger partial charge in [-0.15, -0.1) is 0 Å². The fourth-order valence-corrected chi connectivity index (χ4v) is 4.62. The van der Waals surface area contributed by atoms with E-state index in [4.69, 9.17) is 45.3 Å². The molecule has 0 aromatic heterocycles. The Morgan fingerprint density at radius 3 is 2.16 bits per heavy atom. The number of phosphoric acid groups is 1. The minimum atomic E-state index is -4.98. The van der Waals surface area contributed by atoms with E-state index in [0.717, 1.165) is 17.7 Å². The largest absolute Gasteiger partial charge is 0.480 e. The molecule has 20 heteroatoms. The first-order valence-electron chi connectivity index (χ1n) is 14.8. The topological polar surface area (TPSA) is 291 Å². The standard InChI is InChI=1S/C23H29N2O13P.C6H14N2O2/c1-13(2)38-22(27)19-15(4)24(23(28)36-12-37-39(31,32)33)14(3)18(21(26)35-10-9-34-5)20(19)16-7-6-8-17(11-16)25(29)30;7-4-2-1-3-5(8)6(9)10/h6-8,11,13,20H,9-10,12H2,1-5H3,(H2,31,32,33);5H,1-4,7-8H2,(H,9,10)/t;5-/m.0/s1. The number of carboxylic acids is 1. The lowest BCUT2D eigenvalue weighted by atomic mass is 9.79. The minimum absolute atomic E-state index is 0.0299. The fraction of sp³-hybridized carbons (Fsp3) is 0.517.